The normalized spacial score (nSPS) is 18.4. The second-order valence-corrected chi connectivity index (χ2v) is 7.13. The molecule has 4 rings (SSSR count). The molecule has 3 aromatic rings. The molecule has 1 fully saturated rings. The first kappa shape index (κ1) is 21.0. The fourth-order valence-corrected chi connectivity index (χ4v) is 3.60. The van der Waals surface area contributed by atoms with Gasteiger partial charge in [-0.05, 0) is 19.1 Å². The number of fused-ring (bicyclic) bond motifs is 1. The van der Waals surface area contributed by atoms with E-state index in [1.807, 2.05) is 30.3 Å². The highest BCUT2D eigenvalue weighted by molar-refractivity contribution is 6.05. The summed E-state index contributed by atoms with van der Waals surface area (Å²) in [4.78, 5) is 25.7. The number of halogens is 1. The van der Waals surface area contributed by atoms with Gasteiger partial charge in [0.1, 0.15) is 5.76 Å². The summed E-state index contributed by atoms with van der Waals surface area (Å²) < 4.78 is 6.08. The Morgan fingerprint density at radius 1 is 1.17 bits per heavy atom. The predicted octanol–water partition coefficient (Wildman–Crippen LogP) is 2.50. The highest BCUT2D eigenvalue weighted by Gasteiger charge is 2.26. The van der Waals surface area contributed by atoms with E-state index in [0.717, 1.165) is 5.56 Å². The van der Waals surface area contributed by atoms with Crippen molar-refractivity contribution in [1.29, 1.82) is 0 Å². The van der Waals surface area contributed by atoms with Crippen LogP contribution in [0.4, 0.5) is 0 Å². The zero-order valence-corrected chi connectivity index (χ0v) is 16.8. The summed E-state index contributed by atoms with van der Waals surface area (Å²) >= 11 is 0. The third-order valence-electron chi connectivity index (χ3n) is 5.25. The molecular weight excluding hydrogens is 392 g/mol. The van der Waals surface area contributed by atoms with Crippen molar-refractivity contribution in [2.75, 3.05) is 19.6 Å². The Bertz CT molecular complexity index is 1080. The average molecular weight is 415 g/mol. The van der Waals surface area contributed by atoms with Crippen molar-refractivity contribution in [1.82, 2.24) is 10.6 Å². The lowest BCUT2D eigenvalue weighted by Crippen LogP contribution is -2.34. The topological polar surface area (TPSA) is 91.6 Å². The van der Waals surface area contributed by atoms with Crippen molar-refractivity contribution in [3.63, 3.8) is 0 Å². The summed E-state index contributed by atoms with van der Waals surface area (Å²) in [6, 6.07) is 14.4. The molecule has 6 nitrogen and oxygen atoms in total. The Balaban J connectivity index is 0.00000240. The van der Waals surface area contributed by atoms with Crippen LogP contribution in [0.15, 0.2) is 57.7 Å². The zero-order chi connectivity index (χ0) is 19.7. The van der Waals surface area contributed by atoms with Gasteiger partial charge in [0.05, 0.1) is 17.1 Å². The number of para-hydroxylation sites is 1. The average Bonchev–Trinajstić information content (AvgIpc) is 3.14. The van der Waals surface area contributed by atoms with Crippen LogP contribution in [0, 0.1) is 12.8 Å². The molecule has 0 bridgehead atoms. The maximum atomic E-state index is 12.9. The number of nitrogens with one attached hydrogen (secondary N) is 2. The van der Waals surface area contributed by atoms with Gasteiger partial charge in [0.2, 0.25) is 0 Å². The summed E-state index contributed by atoms with van der Waals surface area (Å²) in [5.41, 5.74) is 1.74. The van der Waals surface area contributed by atoms with Gasteiger partial charge in [-0.2, -0.15) is 0 Å². The first-order chi connectivity index (χ1) is 13.6. The highest BCUT2D eigenvalue weighted by atomic mass is 35.5. The SMILES string of the molecule is Cc1c(-c2ccccc2)oc2c(C(=O)NCC3CNCC3O)cccc2c1=O.Cl. The zero-order valence-electron chi connectivity index (χ0n) is 16.0. The van der Waals surface area contributed by atoms with Gasteiger partial charge >= 0.3 is 0 Å². The molecule has 2 unspecified atom stereocenters. The number of carbonyl (C=O) groups excluding carboxylic acids is 1. The molecule has 1 aliphatic rings. The largest absolute Gasteiger partial charge is 0.455 e. The maximum absolute atomic E-state index is 12.9. The van der Waals surface area contributed by atoms with Gasteiger partial charge in [-0.25, -0.2) is 0 Å². The van der Waals surface area contributed by atoms with Crippen molar-refractivity contribution in [2.45, 2.75) is 13.0 Å². The number of aliphatic hydroxyl groups is 1. The molecule has 2 atom stereocenters. The number of hydrogen-bond donors (Lipinski definition) is 3. The highest BCUT2D eigenvalue weighted by Crippen LogP contribution is 2.27. The minimum absolute atomic E-state index is 0. The maximum Gasteiger partial charge on any atom is 0.255 e. The molecule has 1 aromatic heterocycles. The summed E-state index contributed by atoms with van der Waals surface area (Å²) in [5.74, 6) is 0.109. The second-order valence-electron chi connectivity index (χ2n) is 7.13. The lowest BCUT2D eigenvalue weighted by molar-refractivity contribution is 0.0927. The molecule has 1 aliphatic heterocycles. The van der Waals surface area contributed by atoms with E-state index in [-0.39, 0.29) is 35.2 Å². The lowest BCUT2D eigenvalue weighted by Gasteiger charge is -2.15. The first-order valence-electron chi connectivity index (χ1n) is 9.35. The molecule has 0 aliphatic carbocycles. The predicted molar refractivity (Wildman–Crippen MR) is 115 cm³/mol. The monoisotopic (exact) mass is 414 g/mol. The van der Waals surface area contributed by atoms with Crippen LogP contribution < -0.4 is 16.1 Å². The second kappa shape index (κ2) is 8.78. The van der Waals surface area contributed by atoms with E-state index in [9.17, 15) is 14.7 Å². The summed E-state index contributed by atoms with van der Waals surface area (Å²) in [6.45, 7) is 3.27. The Morgan fingerprint density at radius 2 is 1.93 bits per heavy atom. The molecule has 2 aromatic carbocycles. The van der Waals surface area contributed by atoms with E-state index < -0.39 is 6.10 Å². The Kier molecular flexibility index (Phi) is 6.37. The van der Waals surface area contributed by atoms with Crippen LogP contribution >= 0.6 is 12.4 Å². The number of amides is 1. The number of hydrogen-bond acceptors (Lipinski definition) is 5. The molecule has 152 valence electrons. The van der Waals surface area contributed by atoms with Gasteiger partial charge < -0.3 is 20.2 Å². The third kappa shape index (κ3) is 4.05. The van der Waals surface area contributed by atoms with Crippen LogP contribution in [0.1, 0.15) is 15.9 Å². The van der Waals surface area contributed by atoms with E-state index in [0.29, 0.717) is 41.9 Å². The molecule has 2 heterocycles. The van der Waals surface area contributed by atoms with E-state index in [1.165, 1.54) is 0 Å². The lowest BCUT2D eigenvalue weighted by atomic mass is 10.0. The number of rotatable bonds is 4. The summed E-state index contributed by atoms with van der Waals surface area (Å²) in [7, 11) is 0. The van der Waals surface area contributed by atoms with Crippen LogP contribution in [0.2, 0.25) is 0 Å². The first-order valence-corrected chi connectivity index (χ1v) is 9.35. The molecule has 7 heteroatoms. The number of benzene rings is 2. The van der Waals surface area contributed by atoms with Crippen molar-refractivity contribution >= 4 is 29.3 Å². The molecule has 0 spiro atoms. The fourth-order valence-electron chi connectivity index (χ4n) is 3.60. The van der Waals surface area contributed by atoms with E-state index in [2.05, 4.69) is 10.6 Å². The van der Waals surface area contributed by atoms with Crippen LogP contribution in [-0.4, -0.2) is 36.8 Å². The van der Waals surface area contributed by atoms with Crippen LogP contribution in [0.3, 0.4) is 0 Å². The van der Waals surface area contributed by atoms with Gasteiger partial charge in [-0.15, -0.1) is 12.4 Å². The van der Waals surface area contributed by atoms with Gasteiger partial charge in [0.15, 0.2) is 11.0 Å². The van der Waals surface area contributed by atoms with Gasteiger partial charge in [-0.3, -0.25) is 9.59 Å². The van der Waals surface area contributed by atoms with E-state index in [4.69, 9.17) is 4.42 Å². The Hall–Kier alpha value is -2.67. The summed E-state index contributed by atoms with van der Waals surface area (Å²) in [6.07, 6.45) is -0.474. The van der Waals surface area contributed by atoms with Crippen molar-refractivity contribution < 1.29 is 14.3 Å². The quantitative estimate of drug-likeness (QED) is 0.610. The third-order valence-corrected chi connectivity index (χ3v) is 5.25. The standard InChI is InChI=1S/C22H22N2O4.ClH/c1-13-19(26)16-8-5-9-17(22(27)24-11-15-10-23-12-18(15)25)21(16)28-20(13)14-6-3-2-4-7-14;/h2-9,15,18,23,25H,10-12H2,1H3,(H,24,27);1H. The Morgan fingerprint density at radius 3 is 2.62 bits per heavy atom. The molecule has 0 saturated carbocycles. The van der Waals surface area contributed by atoms with Gasteiger partial charge in [0.25, 0.3) is 5.91 Å². The molecule has 0 radical (unpaired) electrons. The smallest absolute Gasteiger partial charge is 0.255 e. The van der Waals surface area contributed by atoms with Gasteiger partial charge in [-0.1, -0.05) is 36.4 Å². The Labute approximate surface area is 174 Å². The number of aliphatic hydroxyl groups excluding tert-OH is 1. The molecule has 3 N–H and O–H groups in total. The molecular formula is C22H23ClN2O4. The van der Waals surface area contributed by atoms with Gasteiger partial charge in [0, 0.05) is 36.7 Å². The van der Waals surface area contributed by atoms with Crippen LogP contribution in [0.25, 0.3) is 22.3 Å². The van der Waals surface area contributed by atoms with Crippen LogP contribution in [0.5, 0.6) is 0 Å². The fraction of sp³-hybridized carbons (Fsp3) is 0.273. The summed E-state index contributed by atoms with van der Waals surface area (Å²) in [5, 5.41) is 16.2. The minimum atomic E-state index is -0.474. The molecule has 1 saturated heterocycles. The molecule has 1 amide bonds. The number of β-amino-alcohol motifs (C(OH)–C–C–N with tert-alkyl or cyclic N) is 1. The van der Waals surface area contributed by atoms with Crippen molar-refractivity contribution in [2.24, 2.45) is 5.92 Å². The molecule has 29 heavy (non-hydrogen) atoms. The van der Waals surface area contributed by atoms with E-state index >= 15 is 0 Å². The van der Waals surface area contributed by atoms with Crippen molar-refractivity contribution in [3.05, 3.63) is 69.9 Å². The van der Waals surface area contributed by atoms with Crippen molar-refractivity contribution in [3.8, 4) is 11.3 Å². The minimum Gasteiger partial charge on any atom is -0.455 e. The van der Waals surface area contributed by atoms with E-state index in [1.54, 1.807) is 25.1 Å². The number of carbonyl (C=O) groups is 1. The van der Waals surface area contributed by atoms with Crippen LogP contribution in [-0.2, 0) is 0 Å².